The first-order valence-corrected chi connectivity index (χ1v) is 7.58. The van der Waals surface area contributed by atoms with Crippen molar-refractivity contribution < 1.29 is 9.53 Å². The average molecular weight is 376 g/mol. The molecule has 1 amide bonds. The monoisotopic (exact) mass is 376 g/mol. The summed E-state index contributed by atoms with van der Waals surface area (Å²) in [5, 5.41) is 6.17. The third-order valence-electron chi connectivity index (χ3n) is 2.64. The van der Waals surface area contributed by atoms with Crippen LogP contribution in [0.2, 0.25) is 0 Å². The number of hydrogen-bond donors (Lipinski definition) is 2. The average Bonchev–Trinajstić information content (AvgIpc) is 2.39. The molecule has 0 aliphatic carbocycles. The molecule has 1 aromatic carbocycles. The molecule has 1 unspecified atom stereocenters. The molecule has 19 heavy (non-hydrogen) atoms. The fraction of sp³-hybridized carbons (Fsp3) is 0.500. The van der Waals surface area contributed by atoms with E-state index in [4.69, 9.17) is 4.74 Å². The van der Waals surface area contributed by atoms with Crippen LogP contribution in [0.4, 0.5) is 0 Å². The van der Waals surface area contributed by atoms with Gasteiger partial charge in [0.1, 0.15) is 0 Å². The van der Waals surface area contributed by atoms with Crippen molar-refractivity contribution >= 4 is 28.5 Å². The number of carbonyl (C=O) groups is 1. The lowest BCUT2D eigenvalue weighted by molar-refractivity contribution is -0.123. The molecule has 0 bridgehead atoms. The number of carbonyl (C=O) groups excluding carboxylic acids is 1. The summed E-state index contributed by atoms with van der Waals surface area (Å²) in [6.45, 7) is 3.10. The fourth-order valence-electron chi connectivity index (χ4n) is 1.75. The van der Waals surface area contributed by atoms with Crippen molar-refractivity contribution in [1.29, 1.82) is 0 Å². The number of hydrogen-bond acceptors (Lipinski definition) is 3. The SMILES string of the molecule is COCCNC(=O)[C@H](Cc1ccccc1)NC(C)I. The van der Waals surface area contributed by atoms with Gasteiger partial charge >= 0.3 is 0 Å². The Morgan fingerprint density at radius 2 is 2.05 bits per heavy atom. The number of benzene rings is 1. The number of alkyl halides is 1. The Labute approximate surface area is 128 Å². The molecule has 0 aliphatic heterocycles. The van der Waals surface area contributed by atoms with Crippen LogP contribution in [-0.2, 0) is 16.0 Å². The number of ether oxygens (including phenoxy) is 1. The molecule has 106 valence electrons. The van der Waals surface area contributed by atoms with Gasteiger partial charge in [-0.2, -0.15) is 0 Å². The van der Waals surface area contributed by atoms with Crippen LogP contribution < -0.4 is 10.6 Å². The quantitative estimate of drug-likeness (QED) is 0.315. The molecule has 0 aromatic heterocycles. The van der Waals surface area contributed by atoms with Crippen LogP contribution in [0.1, 0.15) is 12.5 Å². The van der Waals surface area contributed by atoms with Crippen molar-refractivity contribution in [3.05, 3.63) is 35.9 Å². The minimum Gasteiger partial charge on any atom is -0.383 e. The molecular weight excluding hydrogens is 355 g/mol. The highest BCUT2D eigenvalue weighted by Crippen LogP contribution is 2.06. The van der Waals surface area contributed by atoms with Crippen molar-refractivity contribution in [2.45, 2.75) is 23.4 Å². The van der Waals surface area contributed by atoms with E-state index in [1.807, 2.05) is 37.3 Å². The minimum atomic E-state index is -0.217. The summed E-state index contributed by atoms with van der Waals surface area (Å²) in [7, 11) is 1.62. The Bertz CT molecular complexity index is 371. The van der Waals surface area contributed by atoms with Crippen LogP contribution in [-0.4, -0.2) is 36.3 Å². The molecular formula is C14H21IN2O2. The molecule has 2 atom stereocenters. The van der Waals surface area contributed by atoms with Gasteiger partial charge in [0.2, 0.25) is 5.91 Å². The maximum Gasteiger partial charge on any atom is 0.237 e. The molecule has 0 saturated carbocycles. The maximum atomic E-state index is 12.1. The zero-order chi connectivity index (χ0) is 14.1. The fourth-order valence-corrected chi connectivity index (χ4v) is 2.19. The van der Waals surface area contributed by atoms with E-state index in [-0.39, 0.29) is 16.0 Å². The van der Waals surface area contributed by atoms with E-state index in [9.17, 15) is 4.79 Å². The van der Waals surface area contributed by atoms with Crippen LogP contribution in [0.25, 0.3) is 0 Å². The molecule has 0 fully saturated rings. The summed E-state index contributed by atoms with van der Waals surface area (Å²) in [5.41, 5.74) is 1.15. The van der Waals surface area contributed by atoms with E-state index >= 15 is 0 Å². The molecule has 0 radical (unpaired) electrons. The number of amides is 1. The largest absolute Gasteiger partial charge is 0.383 e. The standard InChI is InChI=1S/C14H21IN2O2/c1-11(15)17-13(14(18)16-8-9-19-2)10-12-6-4-3-5-7-12/h3-7,11,13,17H,8-10H2,1-2H3,(H,16,18)/t11?,13-/m0/s1. The van der Waals surface area contributed by atoms with Gasteiger partial charge in [-0.1, -0.05) is 52.9 Å². The Morgan fingerprint density at radius 3 is 2.63 bits per heavy atom. The van der Waals surface area contributed by atoms with E-state index in [1.165, 1.54) is 0 Å². The van der Waals surface area contributed by atoms with E-state index in [0.29, 0.717) is 19.6 Å². The van der Waals surface area contributed by atoms with E-state index < -0.39 is 0 Å². The van der Waals surface area contributed by atoms with Crippen LogP contribution in [0.5, 0.6) is 0 Å². The van der Waals surface area contributed by atoms with E-state index in [1.54, 1.807) is 7.11 Å². The van der Waals surface area contributed by atoms with E-state index in [0.717, 1.165) is 5.56 Å². The highest BCUT2D eigenvalue weighted by Gasteiger charge is 2.19. The van der Waals surface area contributed by atoms with Gasteiger partial charge in [-0.15, -0.1) is 0 Å². The first kappa shape index (κ1) is 16.4. The molecule has 1 aromatic rings. The summed E-state index contributed by atoms with van der Waals surface area (Å²) in [5.74, 6) is 0.0180. The van der Waals surface area contributed by atoms with Crippen LogP contribution in [0.3, 0.4) is 0 Å². The van der Waals surface area contributed by atoms with Crippen molar-refractivity contribution in [2.75, 3.05) is 20.3 Å². The van der Waals surface area contributed by atoms with Crippen molar-refractivity contribution in [2.24, 2.45) is 0 Å². The summed E-state index contributed by atoms with van der Waals surface area (Å²) in [6.07, 6.45) is 0.687. The number of halogens is 1. The second kappa shape index (κ2) is 9.28. The molecule has 5 heteroatoms. The van der Waals surface area contributed by atoms with Gasteiger partial charge in [0.05, 0.1) is 16.7 Å². The smallest absolute Gasteiger partial charge is 0.237 e. The van der Waals surface area contributed by atoms with Crippen LogP contribution in [0.15, 0.2) is 30.3 Å². The van der Waals surface area contributed by atoms with Crippen LogP contribution in [0, 0.1) is 0 Å². The molecule has 0 saturated heterocycles. The van der Waals surface area contributed by atoms with Crippen molar-refractivity contribution in [3.8, 4) is 0 Å². The Kier molecular flexibility index (Phi) is 8.00. The lowest BCUT2D eigenvalue weighted by atomic mass is 10.1. The van der Waals surface area contributed by atoms with Gasteiger partial charge in [-0.25, -0.2) is 0 Å². The molecule has 1 rings (SSSR count). The summed E-state index contributed by atoms with van der Waals surface area (Å²) in [6, 6.07) is 9.81. The second-order valence-electron chi connectivity index (χ2n) is 4.31. The number of methoxy groups -OCH3 is 1. The Hall–Kier alpha value is -0.660. The summed E-state index contributed by atoms with van der Waals surface area (Å²) < 4.78 is 5.17. The van der Waals surface area contributed by atoms with Crippen molar-refractivity contribution in [3.63, 3.8) is 0 Å². The Balaban J connectivity index is 2.58. The van der Waals surface area contributed by atoms with E-state index in [2.05, 4.69) is 33.2 Å². The third-order valence-corrected chi connectivity index (χ3v) is 2.99. The topological polar surface area (TPSA) is 50.4 Å². The minimum absolute atomic E-state index is 0.0180. The zero-order valence-electron chi connectivity index (χ0n) is 11.4. The maximum absolute atomic E-state index is 12.1. The van der Waals surface area contributed by atoms with Gasteiger partial charge in [0.25, 0.3) is 0 Å². The Morgan fingerprint density at radius 1 is 1.37 bits per heavy atom. The predicted octanol–water partition coefficient (Wildman–Crippen LogP) is 1.73. The highest BCUT2D eigenvalue weighted by atomic mass is 127. The first-order chi connectivity index (χ1) is 9.13. The number of nitrogens with one attached hydrogen (secondary N) is 2. The van der Waals surface area contributed by atoms with Gasteiger partial charge < -0.3 is 10.1 Å². The van der Waals surface area contributed by atoms with Gasteiger partial charge in [0.15, 0.2) is 0 Å². The molecule has 4 nitrogen and oxygen atoms in total. The predicted molar refractivity (Wildman–Crippen MR) is 85.4 cm³/mol. The number of rotatable bonds is 8. The van der Waals surface area contributed by atoms with Gasteiger partial charge in [-0.3, -0.25) is 10.1 Å². The zero-order valence-corrected chi connectivity index (χ0v) is 13.5. The third kappa shape index (κ3) is 6.89. The van der Waals surface area contributed by atoms with Gasteiger partial charge in [-0.05, 0) is 18.9 Å². The lowest BCUT2D eigenvalue weighted by Crippen LogP contribution is -2.48. The molecule has 0 aliphatic rings. The first-order valence-electron chi connectivity index (χ1n) is 6.34. The van der Waals surface area contributed by atoms with Crippen LogP contribution >= 0.6 is 22.6 Å². The molecule has 2 N–H and O–H groups in total. The normalized spacial score (nSPS) is 13.8. The summed E-state index contributed by atoms with van der Waals surface area (Å²) in [4.78, 5) is 12.1. The molecule has 0 heterocycles. The summed E-state index contributed by atoms with van der Waals surface area (Å²) >= 11 is 2.26. The van der Waals surface area contributed by atoms with Crippen molar-refractivity contribution in [1.82, 2.24) is 10.6 Å². The van der Waals surface area contributed by atoms with Gasteiger partial charge in [0, 0.05) is 13.7 Å². The highest BCUT2D eigenvalue weighted by molar-refractivity contribution is 14.1. The second-order valence-corrected chi connectivity index (χ2v) is 6.18. The molecule has 0 spiro atoms. The lowest BCUT2D eigenvalue weighted by Gasteiger charge is -2.20.